The quantitative estimate of drug-likeness (QED) is 0.812. The predicted octanol–water partition coefficient (Wildman–Crippen LogP) is 1.56. The van der Waals surface area contributed by atoms with Crippen LogP contribution < -0.4 is 5.32 Å². The molecule has 0 aromatic carbocycles. The van der Waals surface area contributed by atoms with Gasteiger partial charge in [0.25, 0.3) is 0 Å². The monoisotopic (exact) mass is 269 g/mol. The van der Waals surface area contributed by atoms with Crippen LogP contribution in [-0.4, -0.2) is 35.7 Å². The molecule has 1 amide bonds. The van der Waals surface area contributed by atoms with E-state index in [0.29, 0.717) is 12.8 Å². The van der Waals surface area contributed by atoms with Crippen LogP contribution in [-0.2, 0) is 14.3 Å². The van der Waals surface area contributed by atoms with Crippen molar-refractivity contribution in [3.8, 4) is 0 Å². The number of nitrogens with one attached hydrogen (secondary N) is 1. The van der Waals surface area contributed by atoms with Crippen molar-refractivity contribution in [2.45, 2.75) is 57.6 Å². The molecule has 4 atom stereocenters. The number of hydrogen-bond acceptors (Lipinski definition) is 3. The van der Waals surface area contributed by atoms with Crippen LogP contribution in [0, 0.1) is 11.8 Å². The highest BCUT2D eigenvalue weighted by atomic mass is 16.5. The van der Waals surface area contributed by atoms with E-state index in [2.05, 4.69) is 5.32 Å². The van der Waals surface area contributed by atoms with E-state index >= 15 is 0 Å². The maximum absolute atomic E-state index is 12.2. The molecule has 0 aromatic heterocycles. The highest BCUT2D eigenvalue weighted by Gasteiger charge is 2.32. The van der Waals surface area contributed by atoms with Crippen LogP contribution in [0.5, 0.6) is 0 Å². The summed E-state index contributed by atoms with van der Waals surface area (Å²) in [6, 6.07) is 0.0141. The standard InChI is InChI=1S/C14H23NO4/c1-9(12-6-3-7-19-12)15-13(16)10-4-2-5-11(8-10)14(17)18/h9-12H,2-8H2,1H3,(H,15,16)(H,17,18)/t9-,10+,11+,12+/m0/s1. The largest absolute Gasteiger partial charge is 0.481 e. The van der Waals surface area contributed by atoms with Gasteiger partial charge in [-0.05, 0) is 39.0 Å². The molecule has 5 nitrogen and oxygen atoms in total. The molecule has 5 heteroatoms. The van der Waals surface area contributed by atoms with Crippen molar-refractivity contribution in [3.05, 3.63) is 0 Å². The molecule has 1 saturated heterocycles. The minimum absolute atomic E-state index is 0.00560. The van der Waals surface area contributed by atoms with Crippen LogP contribution >= 0.6 is 0 Å². The third-order valence-corrected chi connectivity index (χ3v) is 4.29. The summed E-state index contributed by atoms with van der Waals surface area (Å²) < 4.78 is 5.55. The molecule has 1 saturated carbocycles. The van der Waals surface area contributed by atoms with Gasteiger partial charge in [-0.1, -0.05) is 6.42 Å². The van der Waals surface area contributed by atoms with Crippen molar-refractivity contribution in [2.75, 3.05) is 6.61 Å². The molecule has 1 heterocycles. The molecule has 0 aromatic rings. The summed E-state index contributed by atoms with van der Waals surface area (Å²) in [7, 11) is 0. The smallest absolute Gasteiger partial charge is 0.306 e. The lowest BCUT2D eigenvalue weighted by atomic mass is 9.81. The average Bonchev–Trinajstić information content (AvgIpc) is 2.92. The number of aliphatic carboxylic acids is 1. The Labute approximate surface area is 113 Å². The molecular formula is C14H23NO4. The summed E-state index contributed by atoms with van der Waals surface area (Å²) in [5.41, 5.74) is 0. The second-order valence-electron chi connectivity index (χ2n) is 5.75. The molecule has 2 N–H and O–H groups in total. The molecule has 108 valence electrons. The summed E-state index contributed by atoms with van der Waals surface area (Å²) in [5.74, 6) is -1.29. The number of hydrogen-bond donors (Lipinski definition) is 2. The molecule has 1 aliphatic carbocycles. The van der Waals surface area contributed by atoms with Crippen molar-refractivity contribution in [1.82, 2.24) is 5.32 Å². The van der Waals surface area contributed by atoms with Crippen LogP contribution in [0.25, 0.3) is 0 Å². The summed E-state index contributed by atoms with van der Waals surface area (Å²) >= 11 is 0. The third kappa shape index (κ3) is 3.69. The maximum Gasteiger partial charge on any atom is 0.306 e. The molecule has 1 aliphatic heterocycles. The lowest BCUT2D eigenvalue weighted by Gasteiger charge is -2.28. The highest BCUT2D eigenvalue weighted by Crippen LogP contribution is 2.29. The van der Waals surface area contributed by atoms with Gasteiger partial charge in [0.1, 0.15) is 0 Å². The lowest BCUT2D eigenvalue weighted by Crippen LogP contribution is -2.44. The van der Waals surface area contributed by atoms with Gasteiger partial charge in [-0.25, -0.2) is 0 Å². The van der Waals surface area contributed by atoms with Gasteiger partial charge in [-0.15, -0.1) is 0 Å². The Kier molecular flexibility index (Phi) is 4.80. The first-order chi connectivity index (χ1) is 9.08. The van der Waals surface area contributed by atoms with E-state index in [1.54, 1.807) is 0 Å². The Balaban J connectivity index is 1.83. The minimum Gasteiger partial charge on any atom is -0.481 e. The van der Waals surface area contributed by atoms with Gasteiger partial charge in [0.05, 0.1) is 18.1 Å². The minimum atomic E-state index is -0.773. The first kappa shape index (κ1) is 14.3. The number of amides is 1. The molecule has 0 unspecified atom stereocenters. The zero-order chi connectivity index (χ0) is 13.8. The SMILES string of the molecule is C[C@H](NC(=O)[C@@H]1CCC[C@@H](C(=O)O)C1)[C@H]1CCCO1. The molecule has 2 rings (SSSR count). The topological polar surface area (TPSA) is 75.6 Å². The van der Waals surface area contributed by atoms with Gasteiger partial charge in [0.15, 0.2) is 0 Å². The van der Waals surface area contributed by atoms with Crippen molar-refractivity contribution < 1.29 is 19.4 Å². The predicted molar refractivity (Wildman–Crippen MR) is 69.7 cm³/mol. The van der Waals surface area contributed by atoms with Gasteiger partial charge in [-0.3, -0.25) is 9.59 Å². The van der Waals surface area contributed by atoms with Gasteiger partial charge in [0.2, 0.25) is 5.91 Å². The second-order valence-corrected chi connectivity index (χ2v) is 5.75. The lowest BCUT2D eigenvalue weighted by molar-refractivity contribution is -0.144. The Hall–Kier alpha value is -1.10. The number of carbonyl (C=O) groups is 2. The maximum atomic E-state index is 12.2. The second kappa shape index (κ2) is 6.37. The van der Waals surface area contributed by atoms with E-state index in [1.807, 2.05) is 6.92 Å². The number of carboxylic acid groups (broad SMARTS) is 1. The Morgan fingerprint density at radius 1 is 1.21 bits per heavy atom. The molecule has 19 heavy (non-hydrogen) atoms. The summed E-state index contributed by atoms with van der Waals surface area (Å²) in [4.78, 5) is 23.2. The summed E-state index contributed by atoms with van der Waals surface area (Å²) in [5, 5.41) is 12.0. The molecular weight excluding hydrogens is 246 g/mol. The molecule has 2 aliphatic rings. The van der Waals surface area contributed by atoms with Crippen LogP contribution in [0.2, 0.25) is 0 Å². The van der Waals surface area contributed by atoms with Crippen LogP contribution in [0.4, 0.5) is 0 Å². The van der Waals surface area contributed by atoms with Crippen molar-refractivity contribution in [3.63, 3.8) is 0 Å². The summed E-state index contributed by atoms with van der Waals surface area (Å²) in [6.07, 6.45) is 4.94. The highest BCUT2D eigenvalue weighted by molar-refractivity contribution is 5.80. The molecule has 0 bridgehead atoms. The van der Waals surface area contributed by atoms with E-state index < -0.39 is 5.97 Å². The number of ether oxygens (including phenoxy) is 1. The molecule has 0 spiro atoms. The Bertz CT molecular complexity index is 338. The third-order valence-electron chi connectivity index (χ3n) is 4.29. The van der Waals surface area contributed by atoms with Crippen LogP contribution in [0.15, 0.2) is 0 Å². The fraction of sp³-hybridized carbons (Fsp3) is 0.857. The van der Waals surface area contributed by atoms with Gasteiger partial charge in [0, 0.05) is 12.5 Å². The van der Waals surface area contributed by atoms with Crippen molar-refractivity contribution >= 4 is 11.9 Å². The van der Waals surface area contributed by atoms with Crippen LogP contribution in [0.1, 0.15) is 45.4 Å². The number of carboxylic acids is 1. The normalized spacial score (nSPS) is 32.8. The van der Waals surface area contributed by atoms with Gasteiger partial charge >= 0.3 is 5.97 Å². The van der Waals surface area contributed by atoms with E-state index in [4.69, 9.17) is 9.84 Å². The Morgan fingerprint density at radius 2 is 1.95 bits per heavy atom. The molecule has 0 radical (unpaired) electrons. The fourth-order valence-corrected chi connectivity index (χ4v) is 3.08. The summed E-state index contributed by atoms with van der Waals surface area (Å²) in [6.45, 7) is 2.74. The van der Waals surface area contributed by atoms with E-state index in [1.165, 1.54) is 0 Å². The average molecular weight is 269 g/mol. The van der Waals surface area contributed by atoms with Gasteiger partial charge in [-0.2, -0.15) is 0 Å². The zero-order valence-electron chi connectivity index (χ0n) is 11.4. The number of rotatable bonds is 4. The first-order valence-corrected chi connectivity index (χ1v) is 7.22. The van der Waals surface area contributed by atoms with Crippen molar-refractivity contribution in [2.24, 2.45) is 11.8 Å². The molecule has 2 fully saturated rings. The first-order valence-electron chi connectivity index (χ1n) is 7.22. The van der Waals surface area contributed by atoms with E-state index in [0.717, 1.165) is 32.3 Å². The number of carbonyl (C=O) groups excluding carboxylic acids is 1. The van der Waals surface area contributed by atoms with Crippen LogP contribution in [0.3, 0.4) is 0 Å². The van der Waals surface area contributed by atoms with E-state index in [9.17, 15) is 9.59 Å². The fourth-order valence-electron chi connectivity index (χ4n) is 3.08. The zero-order valence-corrected chi connectivity index (χ0v) is 11.4. The van der Waals surface area contributed by atoms with Gasteiger partial charge < -0.3 is 15.2 Å². The van der Waals surface area contributed by atoms with E-state index in [-0.39, 0.29) is 29.9 Å². The van der Waals surface area contributed by atoms with Crippen molar-refractivity contribution in [1.29, 1.82) is 0 Å². The Morgan fingerprint density at radius 3 is 2.58 bits per heavy atom.